The Morgan fingerprint density at radius 2 is 2.35 bits per heavy atom. The van der Waals surface area contributed by atoms with E-state index in [1.54, 1.807) is 7.11 Å². The van der Waals surface area contributed by atoms with Crippen molar-refractivity contribution < 1.29 is 9.13 Å². The molecule has 2 aliphatic rings. The van der Waals surface area contributed by atoms with E-state index < -0.39 is 5.82 Å². The molecule has 20 heavy (non-hydrogen) atoms. The van der Waals surface area contributed by atoms with Crippen LogP contribution in [0.25, 0.3) is 0 Å². The molecular formula is C13H18FN5O. The molecule has 0 bridgehead atoms. The zero-order valence-electron chi connectivity index (χ0n) is 11.5. The topological polar surface area (TPSA) is 62.6 Å². The Bertz CT molecular complexity index is 517. The fourth-order valence-electron chi connectivity index (χ4n) is 2.27. The summed E-state index contributed by atoms with van der Waals surface area (Å²) in [5.41, 5.74) is 0. The Hall–Kier alpha value is -1.76. The van der Waals surface area contributed by atoms with E-state index in [2.05, 4.69) is 20.3 Å². The third-order valence-corrected chi connectivity index (χ3v) is 3.39. The van der Waals surface area contributed by atoms with E-state index in [0.29, 0.717) is 43.9 Å². The Kier molecular flexibility index (Phi) is 3.77. The van der Waals surface area contributed by atoms with E-state index in [-0.39, 0.29) is 0 Å². The zero-order chi connectivity index (χ0) is 13.9. The predicted octanol–water partition coefficient (Wildman–Crippen LogP) is 1.30. The van der Waals surface area contributed by atoms with E-state index in [1.165, 1.54) is 6.20 Å². The van der Waals surface area contributed by atoms with Crippen LogP contribution in [0.3, 0.4) is 0 Å². The average molecular weight is 279 g/mol. The van der Waals surface area contributed by atoms with Crippen LogP contribution in [0.4, 0.5) is 16.2 Å². The van der Waals surface area contributed by atoms with Crippen molar-refractivity contribution in [1.29, 1.82) is 0 Å². The molecule has 1 saturated carbocycles. The summed E-state index contributed by atoms with van der Waals surface area (Å²) in [5.74, 6) is 1.79. The second kappa shape index (κ2) is 5.70. The molecule has 1 aliphatic heterocycles. The number of hydrogen-bond acceptors (Lipinski definition) is 6. The highest BCUT2D eigenvalue weighted by molar-refractivity contribution is 6.01. The molecule has 1 fully saturated rings. The van der Waals surface area contributed by atoms with Gasteiger partial charge < -0.3 is 15.0 Å². The fourth-order valence-corrected chi connectivity index (χ4v) is 2.27. The van der Waals surface area contributed by atoms with Gasteiger partial charge >= 0.3 is 0 Å². The highest BCUT2D eigenvalue weighted by atomic mass is 19.1. The molecule has 7 heteroatoms. The maximum absolute atomic E-state index is 14.0. The van der Waals surface area contributed by atoms with Crippen LogP contribution in [-0.4, -0.2) is 49.2 Å². The minimum absolute atomic E-state index is 0.322. The highest BCUT2D eigenvalue weighted by Crippen LogP contribution is 2.35. The summed E-state index contributed by atoms with van der Waals surface area (Å²) < 4.78 is 18.9. The summed E-state index contributed by atoms with van der Waals surface area (Å²) in [6, 6.07) is 0. The molecule has 0 unspecified atom stereocenters. The normalized spacial score (nSPS) is 18.3. The van der Waals surface area contributed by atoms with Gasteiger partial charge in [0.2, 0.25) is 5.95 Å². The van der Waals surface area contributed by atoms with Gasteiger partial charge in [-0.25, -0.2) is 9.37 Å². The van der Waals surface area contributed by atoms with Crippen LogP contribution < -0.4 is 10.2 Å². The Morgan fingerprint density at radius 1 is 1.50 bits per heavy atom. The molecule has 0 aromatic carbocycles. The highest BCUT2D eigenvalue weighted by Gasteiger charge is 2.35. The molecule has 1 aliphatic carbocycles. The van der Waals surface area contributed by atoms with Crippen molar-refractivity contribution in [3.63, 3.8) is 0 Å². The van der Waals surface area contributed by atoms with Crippen LogP contribution in [0.2, 0.25) is 0 Å². The lowest BCUT2D eigenvalue weighted by atomic mass is 10.3. The molecule has 0 spiro atoms. The monoisotopic (exact) mass is 279 g/mol. The third-order valence-electron chi connectivity index (χ3n) is 3.39. The first-order chi connectivity index (χ1) is 9.79. The number of aromatic nitrogens is 2. The van der Waals surface area contributed by atoms with Crippen molar-refractivity contribution in [1.82, 2.24) is 9.97 Å². The number of nitrogens with zero attached hydrogens (tertiary/aromatic N) is 4. The van der Waals surface area contributed by atoms with Crippen LogP contribution in [0.5, 0.6) is 0 Å². The average Bonchev–Trinajstić information content (AvgIpc) is 3.19. The molecular weight excluding hydrogens is 261 g/mol. The van der Waals surface area contributed by atoms with E-state index >= 15 is 0 Å². The van der Waals surface area contributed by atoms with Crippen molar-refractivity contribution >= 4 is 17.6 Å². The Morgan fingerprint density at radius 3 is 3.10 bits per heavy atom. The maximum Gasteiger partial charge on any atom is 0.224 e. The quantitative estimate of drug-likeness (QED) is 0.795. The van der Waals surface area contributed by atoms with Gasteiger partial charge in [-0.15, -0.1) is 0 Å². The molecule has 0 atom stereocenters. The van der Waals surface area contributed by atoms with E-state index in [1.807, 2.05) is 4.90 Å². The van der Waals surface area contributed by atoms with Crippen LogP contribution in [0.15, 0.2) is 11.2 Å². The van der Waals surface area contributed by atoms with Crippen LogP contribution in [0.1, 0.15) is 12.8 Å². The third kappa shape index (κ3) is 2.72. The van der Waals surface area contributed by atoms with Gasteiger partial charge in [-0.3, -0.25) is 4.99 Å². The van der Waals surface area contributed by atoms with Crippen LogP contribution >= 0.6 is 0 Å². The van der Waals surface area contributed by atoms with Gasteiger partial charge in [0.25, 0.3) is 0 Å². The SMILES string of the molecule is COCCNc1ncc(F)c(N2CCN=C2C2CC2)n1. The minimum atomic E-state index is -0.405. The number of hydrogen-bond donors (Lipinski definition) is 1. The largest absolute Gasteiger partial charge is 0.383 e. The fraction of sp³-hybridized carbons (Fsp3) is 0.615. The lowest BCUT2D eigenvalue weighted by Crippen LogP contribution is -2.31. The number of rotatable bonds is 6. The number of methoxy groups -OCH3 is 1. The molecule has 1 aromatic rings. The van der Waals surface area contributed by atoms with Gasteiger partial charge in [0.15, 0.2) is 11.6 Å². The number of aliphatic imine (C=N–C) groups is 1. The summed E-state index contributed by atoms with van der Waals surface area (Å²) in [5, 5.41) is 3.02. The van der Waals surface area contributed by atoms with Gasteiger partial charge in [0.05, 0.1) is 19.3 Å². The molecule has 2 heterocycles. The second-order valence-electron chi connectivity index (χ2n) is 4.95. The summed E-state index contributed by atoms with van der Waals surface area (Å²) in [7, 11) is 1.63. The first-order valence-electron chi connectivity index (χ1n) is 6.87. The summed E-state index contributed by atoms with van der Waals surface area (Å²) >= 11 is 0. The van der Waals surface area contributed by atoms with Crippen molar-refractivity contribution in [2.75, 3.05) is 43.6 Å². The maximum atomic E-state index is 14.0. The summed E-state index contributed by atoms with van der Waals surface area (Å²) in [6.45, 7) is 2.54. The molecule has 0 amide bonds. The van der Waals surface area contributed by atoms with Crippen LogP contribution in [0, 0.1) is 11.7 Å². The van der Waals surface area contributed by atoms with Crippen molar-refractivity contribution in [3.8, 4) is 0 Å². The minimum Gasteiger partial charge on any atom is -0.383 e. The van der Waals surface area contributed by atoms with E-state index in [9.17, 15) is 4.39 Å². The van der Waals surface area contributed by atoms with E-state index in [0.717, 1.165) is 18.7 Å². The van der Waals surface area contributed by atoms with Crippen molar-refractivity contribution in [2.45, 2.75) is 12.8 Å². The number of anilines is 2. The summed E-state index contributed by atoms with van der Waals surface area (Å²) in [4.78, 5) is 14.6. The first-order valence-corrected chi connectivity index (χ1v) is 6.87. The van der Waals surface area contributed by atoms with Gasteiger partial charge in [-0.2, -0.15) is 4.98 Å². The Labute approximate surface area is 117 Å². The number of amidine groups is 1. The number of ether oxygens (including phenoxy) is 1. The predicted molar refractivity (Wildman–Crippen MR) is 74.7 cm³/mol. The van der Waals surface area contributed by atoms with E-state index in [4.69, 9.17) is 4.74 Å². The van der Waals surface area contributed by atoms with Gasteiger partial charge in [-0.05, 0) is 12.8 Å². The summed E-state index contributed by atoms with van der Waals surface area (Å²) in [6.07, 6.45) is 3.49. The van der Waals surface area contributed by atoms with Crippen molar-refractivity contribution in [2.24, 2.45) is 10.9 Å². The molecule has 3 rings (SSSR count). The molecule has 108 valence electrons. The van der Waals surface area contributed by atoms with Gasteiger partial charge in [0.1, 0.15) is 5.84 Å². The second-order valence-corrected chi connectivity index (χ2v) is 4.95. The lowest BCUT2D eigenvalue weighted by Gasteiger charge is -2.20. The molecule has 1 N–H and O–H groups in total. The molecule has 6 nitrogen and oxygen atoms in total. The molecule has 0 radical (unpaired) electrons. The molecule has 1 aromatic heterocycles. The lowest BCUT2D eigenvalue weighted by molar-refractivity contribution is 0.210. The smallest absolute Gasteiger partial charge is 0.224 e. The zero-order valence-corrected chi connectivity index (χ0v) is 11.5. The Balaban J connectivity index is 1.77. The van der Waals surface area contributed by atoms with Gasteiger partial charge in [-0.1, -0.05) is 0 Å². The van der Waals surface area contributed by atoms with Crippen molar-refractivity contribution in [3.05, 3.63) is 12.0 Å². The number of nitrogens with one attached hydrogen (secondary N) is 1. The van der Waals surface area contributed by atoms with Gasteiger partial charge in [0, 0.05) is 26.1 Å². The number of halogens is 1. The van der Waals surface area contributed by atoms with Crippen LogP contribution in [-0.2, 0) is 4.74 Å². The first kappa shape index (κ1) is 13.2. The molecule has 0 saturated heterocycles. The standard InChI is InChI=1S/C13H18FN5O/c1-20-7-5-16-13-17-8-10(14)12(18-13)19-6-4-15-11(19)9-2-3-9/h8-9H,2-7H2,1H3,(H,16,17,18).